The molecule has 0 fully saturated rings. The molecule has 1 heterocycles. The molecule has 0 atom stereocenters. The van der Waals surface area contributed by atoms with E-state index in [0.717, 1.165) is 10.1 Å². The monoisotopic (exact) mass is 471 g/mol. The minimum Gasteiger partial charge on any atom is -0.497 e. The van der Waals surface area contributed by atoms with Gasteiger partial charge in [-0.25, -0.2) is 9.59 Å². The first kappa shape index (κ1) is 24.4. The van der Waals surface area contributed by atoms with E-state index in [2.05, 4.69) is 0 Å². The highest BCUT2D eigenvalue weighted by Crippen LogP contribution is 2.41. The van der Waals surface area contributed by atoms with Crippen LogP contribution in [0, 0.1) is 0 Å². The molecule has 0 saturated heterocycles. The molecule has 0 amide bonds. The number of esters is 2. The summed E-state index contributed by atoms with van der Waals surface area (Å²) in [5, 5.41) is 2.82. The van der Waals surface area contributed by atoms with E-state index < -0.39 is 18.0 Å². The van der Waals surface area contributed by atoms with Crippen LogP contribution in [-0.2, 0) is 19.1 Å². The Bertz CT molecular complexity index is 1050. The molecular formula is C25H29NO6S. The van der Waals surface area contributed by atoms with E-state index in [1.807, 2.05) is 43.5 Å². The predicted octanol–water partition coefficient (Wildman–Crippen LogP) is 5.33. The Morgan fingerprint density at radius 1 is 0.909 bits per heavy atom. The summed E-state index contributed by atoms with van der Waals surface area (Å²) in [6.07, 6.45) is 1.27. The minimum absolute atomic E-state index is 0.204. The van der Waals surface area contributed by atoms with E-state index in [1.54, 1.807) is 37.3 Å². The third-order valence-electron chi connectivity index (χ3n) is 4.94. The number of ether oxygens (including phenoxy) is 4. The number of fused-ring (bicyclic) bond motifs is 1. The Balaban J connectivity index is 2.23. The third kappa shape index (κ3) is 5.57. The molecule has 3 aromatic rings. The Morgan fingerprint density at radius 2 is 1.48 bits per heavy atom. The van der Waals surface area contributed by atoms with Crippen molar-refractivity contribution in [2.45, 2.75) is 32.7 Å². The van der Waals surface area contributed by atoms with Gasteiger partial charge in [0.05, 0.1) is 33.1 Å². The molecule has 0 radical (unpaired) electrons. The summed E-state index contributed by atoms with van der Waals surface area (Å²) < 4.78 is 22.8. The van der Waals surface area contributed by atoms with Crippen molar-refractivity contribution < 1.29 is 28.5 Å². The number of nitrogens with zero attached hydrogens (tertiary/aromatic N) is 1. The van der Waals surface area contributed by atoms with Gasteiger partial charge in [0, 0.05) is 39.4 Å². The topological polar surface area (TPSA) is 74.3 Å². The fourth-order valence-corrected chi connectivity index (χ4v) is 4.32. The lowest BCUT2D eigenvalue weighted by molar-refractivity contribution is -0.156. The molecule has 0 unspecified atom stereocenters. The maximum atomic E-state index is 13.2. The largest absolute Gasteiger partial charge is 0.497 e. The molecule has 0 saturated carbocycles. The lowest BCUT2D eigenvalue weighted by Crippen LogP contribution is -2.46. The lowest BCUT2D eigenvalue weighted by atomic mass is 10.1. The number of carbonyl (C=O) groups is 2. The number of carbonyl (C=O) groups excluding carboxylic acids is 2. The fourth-order valence-electron chi connectivity index (χ4n) is 3.38. The van der Waals surface area contributed by atoms with Crippen LogP contribution in [0.1, 0.15) is 26.7 Å². The van der Waals surface area contributed by atoms with Gasteiger partial charge in [0.25, 0.3) is 0 Å². The Kier molecular flexibility index (Phi) is 8.54. The van der Waals surface area contributed by atoms with Crippen molar-refractivity contribution in [1.82, 2.24) is 0 Å². The van der Waals surface area contributed by atoms with Gasteiger partial charge in [-0.2, -0.15) is 0 Å². The summed E-state index contributed by atoms with van der Waals surface area (Å²) in [5.74, 6) is -0.294. The zero-order valence-electron chi connectivity index (χ0n) is 19.3. The summed E-state index contributed by atoms with van der Waals surface area (Å²) in [6.45, 7) is 4.20. The molecule has 0 spiro atoms. The fraction of sp³-hybridized carbons (Fsp3) is 0.360. The summed E-state index contributed by atoms with van der Waals surface area (Å²) >= 11 is 1.53. The van der Waals surface area contributed by atoms with Crippen LogP contribution in [0.2, 0.25) is 0 Å². The highest BCUT2D eigenvalue weighted by molar-refractivity contribution is 7.17. The molecule has 176 valence electrons. The average molecular weight is 472 g/mol. The molecule has 0 aliphatic heterocycles. The first-order valence-electron chi connectivity index (χ1n) is 10.9. The summed E-state index contributed by atoms with van der Waals surface area (Å²) in [5.41, 5.74) is 1.24. The molecule has 7 nitrogen and oxygen atoms in total. The van der Waals surface area contributed by atoms with Crippen LogP contribution < -0.4 is 14.4 Å². The minimum atomic E-state index is -1.34. The first-order chi connectivity index (χ1) is 16.0. The quantitative estimate of drug-likeness (QED) is 0.276. The summed E-state index contributed by atoms with van der Waals surface area (Å²) in [7, 11) is 3.09. The second-order valence-corrected chi connectivity index (χ2v) is 8.21. The Labute approximate surface area is 197 Å². The van der Waals surface area contributed by atoms with Gasteiger partial charge in [0.15, 0.2) is 0 Å². The van der Waals surface area contributed by atoms with Crippen molar-refractivity contribution in [2.75, 3.05) is 32.3 Å². The van der Waals surface area contributed by atoms with E-state index in [1.165, 1.54) is 11.3 Å². The zero-order valence-corrected chi connectivity index (χ0v) is 20.1. The van der Waals surface area contributed by atoms with E-state index in [4.69, 9.17) is 18.9 Å². The van der Waals surface area contributed by atoms with Crippen molar-refractivity contribution in [3.63, 3.8) is 0 Å². The van der Waals surface area contributed by atoms with E-state index in [-0.39, 0.29) is 13.2 Å². The summed E-state index contributed by atoms with van der Waals surface area (Å²) in [4.78, 5) is 28.1. The van der Waals surface area contributed by atoms with E-state index >= 15 is 0 Å². The lowest BCUT2D eigenvalue weighted by Gasteiger charge is -2.31. The number of benzene rings is 2. The van der Waals surface area contributed by atoms with Gasteiger partial charge >= 0.3 is 11.9 Å². The Hall–Kier alpha value is -3.26. The molecule has 0 aliphatic rings. The van der Waals surface area contributed by atoms with Crippen molar-refractivity contribution in [3.05, 3.63) is 47.8 Å². The third-order valence-corrected chi connectivity index (χ3v) is 5.89. The molecule has 33 heavy (non-hydrogen) atoms. The van der Waals surface area contributed by atoms with E-state index in [0.29, 0.717) is 35.7 Å². The molecule has 2 aromatic carbocycles. The van der Waals surface area contributed by atoms with Crippen LogP contribution in [0.15, 0.2) is 47.8 Å². The highest BCUT2D eigenvalue weighted by Gasteiger charge is 2.38. The van der Waals surface area contributed by atoms with Crippen LogP contribution in [-0.4, -0.2) is 45.4 Å². The number of hydrogen-bond donors (Lipinski definition) is 0. The van der Waals surface area contributed by atoms with Crippen molar-refractivity contribution in [3.8, 4) is 11.5 Å². The van der Waals surface area contributed by atoms with Gasteiger partial charge in [0.2, 0.25) is 6.04 Å². The van der Waals surface area contributed by atoms with Crippen LogP contribution in [0.5, 0.6) is 11.5 Å². The molecule has 0 aliphatic carbocycles. The maximum absolute atomic E-state index is 13.2. The standard InChI is InChI=1S/C25H29NO6S/c1-5-11-31-24(27)23(25(28)32-12-6-2)26(17-13-18(29-3)15-19(14-17)30-4)21-16-33-22-10-8-7-9-20(21)22/h7-10,13-16,23H,5-6,11-12H2,1-4H3. The molecule has 0 N–H and O–H groups in total. The number of hydrogen-bond acceptors (Lipinski definition) is 8. The zero-order chi connectivity index (χ0) is 23.8. The predicted molar refractivity (Wildman–Crippen MR) is 130 cm³/mol. The number of rotatable bonds is 11. The van der Waals surface area contributed by atoms with Gasteiger partial charge < -0.3 is 23.8 Å². The highest BCUT2D eigenvalue weighted by atomic mass is 32.1. The molecule has 1 aromatic heterocycles. The molecule has 8 heteroatoms. The SMILES string of the molecule is CCCOC(=O)C(C(=O)OCCC)N(c1cc(OC)cc(OC)c1)c1csc2ccccc12. The van der Waals surface area contributed by atoms with Crippen LogP contribution >= 0.6 is 11.3 Å². The van der Waals surface area contributed by atoms with E-state index in [9.17, 15) is 9.59 Å². The smallest absolute Gasteiger partial charge is 0.340 e. The van der Waals surface area contributed by atoms with Crippen LogP contribution in [0.4, 0.5) is 11.4 Å². The first-order valence-corrected chi connectivity index (χ1v) is 11.7. The number of methoxy groups -OCH3 is 2. The van der Waals surface area contributed by atoms with Gasteiger partial charge in [-0.05, 0) is 18.9 Å². The maximum Gasteiger partial charge on any atom is 0.340 e. The molecule has 3 rings (SSSR count). The van der Waals surface area contributed by atoms with Crippen molar-refractivity contribution >= 4 is 44.7 Å². The molecular weight excluding hydrogens is 442 g/mol. The average Bonchev–Trinajstić information content (AvgIpc) is 3.27. The van der Waals surface area contributed by atoms with Gasteiger partial charge in [0.1, 0.15) is 11.5 Å². The van der Waals surface area contributed by atoms with Gasteiger partial charge in [-0.1, -0.05) is 32.0 Å². The molecule has 0 bridgehead atoms. The van der Waals surface area contributed by atoms with Crippen molar-refractivity contribution in [2.24, 2.45) is 0 Å². The van der Waals surface area contributed by atoms with Crippen LogP contribution in [0.3, 0.4) is 0 Å². The number of thiophene rings is 1. The van der Waals surface area contributed by atoms with Crippen LogP contribution in [0.25, 0.3) is 10.1 Å². The summed E-state index contributed by atoms with van der Waals surface area (Å²) in [6, 6.07) is 11.7. The van der Waals surface area contributed by atoms with Gasteiger partial charge in [-0.3, -0.25) is 0 Å². The van der Waals surface area contributed by atoms with Crippen molar-refractivity contribution in [1.29, 1.82) is 0 Å². The normalized spacial score (nSPS) is 10.8. The van der Waals surface area contributed by atoms with Gasteiger partial charge in [-0.15, -0.1) is 11.3 Å². The second-order valence-electron chi connectivity index (χ2n) is 7.30. The second kappa shape index (κ2) is 11.6. The number of anilines is 2. The Morgan fingerprint density at radius 3 is 2.03 bits per heavy atom.